The van der Waals surface area contributed by atoms with Gasteiger partial charge in [0, 0.05) is 0 Å². The van der Waals surface area contributed by atoms with Gasteiger partial charge in [-0.05, 0) is 0 Å². The average molecular weight is 422 g/mol. The van der Waals surface area contributed by atoms with Crippen molar-refractivity contribution in [3.63, 3.8) is 0 Å². The summed E-state index contributed by atoms with van der Waals surface area (Å²) in [5.41, 5.74) is 0. The standard InChI is InChI=1S/2C6H5O2P.C4H5N2.Co/c2*7-9(8)6-4-2-1-3-5-6;1-6-3-2-5-4-6;/h2*1-5H;2-3H,1H3;/q;;;-2/p+2. The van der Waals surface area contributed by atoms with Crippen LogP contribution in [0.1, 0.15) is 0 Å². The second-order valence-electron chi connectivity index (χ2n) is 5.12. The van der Waals surface area contributed by atoms with Crippen LogP contribution in [0.25, 0.3) is 0 Å². The molecular formula is C16H17CoN2O4P2. The van der Waals surface area contributed by atoms with Crippen molar-refractivity contribution < 1.29 is 31.7 Å². The Morgan fingerprint density at radius 1 is 0.880 bits per heavy atom. The van der Waals surface area contributed by atoms with Crippen molar-refractivity contribution in [2.24, 2.45) is 7.05 Å². The molecule has 2 atom stereocenters. The molecule has 0 saturated carbocycles. The quantitative estimate of drug-likeness (QED) is 0.611. The number of hydrogen-bond acceptors (Lipinski definition) is 3. The summed E-state index contributed by atoms with van der Waals surface area (Å²) >= 11 is -2.37. The molecule has 2 N–H and O–H groups in total. The number of rotatable bonds is 5. The Morgan fingerprint density at radius 3 is 1.68 bits per heavy atom. The summed E-state index contributed by atoms with van der Waals surface area (Å²) in [6, 6.07) is 16.0. The first-order valence-corrected chi connectivity index (χ1v) is 13.6. The molecule has 9 heteroatoms. The summed E-state index contributed by atoms with van der Waals surface area (Å²) < 4.78 is 28.5. The number of aromatic nitrogens is 2. The summed E-state index contributed by atoms with van der Waals surface area (Å²) in [7, 11) is 1.65. The monoisotopic (exact) mass is 422 g/mol. The van der Waals surface area contributed by atoms with Gasteiger partial charge in [-0.25, -0.2) is 0 Å². The van der Waals surface area contributed by atoms with Crippen molar-refractivity contribution in [1.82, 2.24) is 9.55 Å². The Hall–Kier alpha value is -1.46. The van der Waals surface area contributed by atoms with Gasteiger partial charge in [0.2, 0.25) is 0 Å². The van der Waals surface area contributed by atoms with E-state index >= 15 is 0 Å². The van der Waals surface area contributed by atoms with Crippen LogP contribution in [0.3, 0.4) is 0 Å². The van der Waals surface area contributed by atoms with E-state index in [-0.39, 0.29) is 15.4 Å². The van der Waals surface area contributed by atoms with E-state index < -0.39 is 25.0 Å². The van der Waals surface area contributed by atoms with Crippen molar-refractivity contribution >= 4 is 27.6 Å². The molecule has 1 aromatic heterocycles. The summed E-state index contributed by atoms with van der Waals surface area (Å²) in [6.07, 6.45) is -5.33. The molecule has 0 aliphatic rings. The predicted octanol–water partition coefficient (Wildman–Crippen LogP) is 1.69. The van der Waals surface area contributed by atoms with Crippen molar-refractivity contribution in [2.75, 3.05) is 0 Å². The molecule has 3 rings (SSSR count). The second-order valence-corrected chi connectivity index (χ2v) is 16.4. The van der Waals surface area contributed by atoms with E-state index in [1.165, 1.54) is 35.0 Å². The first kappa shape index (κ1) is 18.3. The van der Waals surface area contributed by atoms with Crippen LogP contribution in [0, 0.1) is 0 Å². The fourth-order valence-corrected chi connectivity index (χ4v) is 16.2. The molecule has 0 aliphatic heterocycles. The molecule has 2 aromatic carbocycles. The molecule has 0 aliphatic carbocycles. The van der Waals surface area contributed by atoms with Gasteiger partial charge in [-0.1, -0.05) is 0 Å². The maximum atomic E-state index is 13.4. The predicted molar refractivity (Wildman–Crippen MR) is 94.6 cm³/mol. The summed E-state index contributed by atoms with van der Waals surface area (Å²) in [4.78, 5) is 26.0. The Balaban J connectivity index is 2.24. The Bertz CT molecular complexity index is 903. The van der Waals surface area contributed by atoms with Crippen LogP contribution in [0.2, 0.25) is 0 Å². The first-order valence-electron chi connectivity index (χ1n) is 7.24. The molecular weight excluding hydrogens is 405 g/mol. The molecule has 6 nitrogen and oxygen atoms in total. The molecule has 0 radical (unpaired) electrons. The van der Waals surface area contributed by atoms with Gasteiger partial charge in [0.25, 0.3) is 0 Å². The van der Waals surface area contributed by atoms with Crippen molar-refractivity contribution in [3.05, 3.63) is 73.1 Å². The van der Waals surface area contributed by atoms with Gasteiger partial charge in [-0.2, -0.15) is 0 Å². The number of imidazole rings is 1. The average Bonchev–Trinajstić information content (AvgIpc) is 3.01. The van der Waals surface area contributed by atoms with E-state index in [0.29, 0.717) is 0 Å². The molecule has 134 valence electrons. The van der Waals surface area contributed by atoms with Crippen LogP contribution in [-0.4, -0.2) is 19.3 Å². The number of hydrogen-bond donors (Lipinski definition) is 2. The van der Waals surface area contributed by atoms with Gasteiger partial charge < -0.3 is 0 Å². The third-order valence-corrected chi connectivity index (χ3v) is 17.7. The Kier molecular flexibility index (Phi) is 5.16. The Labute approximate surface area is 149 Å². The van der Waals surface area contributed by atoms with E-state index in [2.05, 4.69) is 4.98 Å². The molecule has 3 aromatic rings. The number of nitrogens with zero attached hydrogens (tertiary/aromatic N) is 2. The van der Waals surface area contributed by atoms with E-state index in [9.17, 15) is 18.9 Å². The van der Waals surface area contributed by atoms with Crippen LogP contribution >= 0.6 is 12.2 Å². The first-order chi connectivity index (χ1) is 11.8. The topological polar surface area (TPSA) is 92.4 Å². The normalized spacial score (nSPS) is 16.7. The summed E-state index contributed by atoms with van der Waals surface area (Å²) in [5, 5.41) is 0.293. The molecule has 25 heavy (non-hydrogen) atoms. The van der Waals surface area contributed by atoms with E-state index in [1.54, 1.807) is 49.6 Å². The van der Waals surface area contributed by atoms with Gasteiger partial charge in [-0.3, -0.25) is 0 Å². The van der Waals surface area contributed by atoms with Crippen molar-refractivity contribution in [2.45, 2.75) is 0 Å². The second kappa shape index (κ2) is 7.04. The molecule has 0 saturated heterocycles. The molecule has 0 bridgehead atoms. The van der Waals surface area contributed by atoms with Gasteiger partial charge in [0.05, 0.1) is 0 Å². The fourth-order valence-electron chi connectivity index (χ4n) is 2.16. The third-order valence-electron chi connectivity index (χ3n) is 3.38. The van der Waals surface area contributed by atoms with E-state index in [4.69, 9.17) is 0 Å². The van der Waals surface area contributed by atoms with Crippen molar-refractivity contribution in [3.8, 4) is 0 Å². The molecule has 1 heterocycles. The molecule has 0 spiro atoms. The zero-order valence-corrected chi connectivity index (χ0v) is 16.1. The zero-order valence-electron chi connectivity index (χ0n) is 13.3. The molecule has 0 fully saturated rings. The fraction of sp³-hybridized carbons (Fsp3) is 0.0625. The Morgan fingerprint density at radius 2 is 1.32 bits per heavy atom. The molecule has 2 unspecified atom stereocenters. The van der Waals surface area contributed by atoms with E-state index in [0.717, 1.165) is 0 Å². The minimum absolute atomic E-state index is 0.146. The number of benzene rings is 2. The van der Waals surface area contributed by atoms with Crippen LogP contribution in [-0.2, 0) is 29.0 Å². The van der Waals surface area contributed by atoms with Gasteiger partial charge in [-0.15, -0.1) is 0 Å². The van der Waals surface area contributed by atoms with Crippen molar-refractivity contribution in [1.29, 1.82) is 0 Å². The SMILES string of the molecule is Cn1ccn[c]1[Co]([P](=O)(O)c1ccccc1)[P](=O)(O)c1ccccc1. The van der Waals surface area contributed by atoms with Crippen LogP contribution in [0.15, 0.2) is 73.1 Å². The molecule has 0 amide bonds. The van der Waals surface area contributed by atoms with Gasteiger partial charge >= 0.3 is 149 Å². The maximum absolute atomic E-state index is 13.4. The van der Waals surface area contributed by atoms with Crippen LogP contribution in [0.5, 0.6) is 0 Å². The van der Waals surface area contributed by atoms with Crippen LogP contribution in [0.4, 0.5) is 0 Å². The summed E-state index contributed by atoms with van der Waals surface area (Å²) in [6.45, 7) is 0. The summed E-state index contributed by atoms with van der Waals surface area (Å²) in [5.74, 6) is 0. The zero-order chi connectivity index (χ0) is 18.1. The van der Waals surface area contributed by atoms with E-state index in [1.807, 2.05) is 0 Å². The number of aryl methyl sites for hydroxylation is 1. The third kappa shape index (κ3) is 3.44. The van der Waals surface area contributed by atoms with Gasteiger partial charge in [0.1, 0.15) is 0 Å². The minimum atomic E-state index is -4.19. The van der Waals surface area contributed by atoms with Crippen LogP contribution < -0.4 is 15.4 Å². The van der Waals surface area contributed by atoms with Gasteiger partial charge in [0.15, 0.2) is 0 Å².